The number of ether oxygens (including phenoxy) is 1. The van der Waals surface area contributed by atoms with Gasteiger partial charge in [-0.2, -0.15) is 5.16 Å². The molecule has 1 unspecified atom stereocenters. The molecule has 0 aliphatic rings. The summed E-state index contributed by atoms with van der Waals surface area (Å²) < 4.78 is 12.4. The van der Waals surface area contributed by atoms with Crippen LogP contribution in [0.4, 0.5) is 0 Å². The molecule has 3 aromatic heterocycles. The predicted octanol–water partition coefficient (Wildman–Crippen LogP) is 5.08. The normalized spacial score (nSPS) is 12.0. The highest BCUT2D eigenvalue weighted by Crippen LogP contribution is 2.31. The topological polar surface area (TPSA) is 132 Å². The fourth-order valence-electron chi connectivity index (χ4n) is 5.21. The molecular formula is C33H27N4O6S-. The quantitative estimate of drug-likeness (QED) is 0.208. The zero-order valence-corrected chi connectivity index (χ0v) is 25.0. The molecule has 0 saturated heterocycles. The highest BCUT2D eigenvalue weighted by Gasteiger charge is 2.25. The van der Waals surface area contributed by atoms with Crippen LogP contribution in [0, 0.1) is 0 Å². The summed E-state index contributed by atoms with van der Waals surface area (Å²) in [5.74, 6) is 0.451. The Labute approximate surface area is 255 Å². The number of carbonyl (C=O) groups excluding carboxylic acids is 1. The van der Waals surface area contributed by atoms with E-state index in [1.54, 1.807) is 35.8 Å². The molecule has 44 heavy (non-hydrogen) atoms. The molecule has 0 amide bonds. The van der Waals surface area contributed by atoms with Crippen molar-refractivity contribution in [3.63, 3.8) is 0 Å². The maximum atomic E-state index is 14.0. The average molecular weight is 608 g/mol. The molecule has 0 aliphatic heterocycles. The van der Waals surface area contributed by atoms with Crippen LogP contribution in [0.3, 0.4) is 0 Å². The van der Waals surface area contributed by atoms with Gasteiger partial charge in [0.15, 0.2) is 17.7 Å². The van der Waals surface area contributed by atoms with E-state index in [1.165, 1.54) is 18.4 Å². The number of fused-ring (bicyclic) bond motifs is 1. The van der Waals surface area contributed by atoms with Crippen LogP contribution in [0.2, 0.25) is 0 Å². The van der Waals surface area contributed by atoms with Gasteiger partial charge in [-0.05, 0) is 60.4 Å². The van der Waals surface area contributed by atoms with Crippen LogP contribution in [-0.4, -0.2) is 32.2 Å². The third kappa shape index (κ3) is 5.22. The lowest BCUT2D eigenvalue weighted by atomic mass is 9.98. The Morgan fingerprint density at radius 2 is 1.73 bits per heavy atom. The summed E-state index contributed by atoms with van der Waals surface area (Å²) in [6, 6.07) is 22.4. The predicted molar refractivity (Wildman–Crippen MR) is 165 cm³/mol. The van der Waals surface area contributed by atoms with Crippen LogP contribution < -0.4 is 21.1 Å². The van der Waals surface area contributed by atoms with Gasteiger partial charge in [-0.15, -0.1) is 11.3 Å². The second kappa shape index (κ2) is 11.8. The number of nitrogens with zero attached hydrogens (tertiary/aromatic N) is 4. The number of carbonyl (C=O) groups is 1. The van der Waals surface area contributed by atoms with E-state index in [0.29, 0.717) is 33.5 Å². The summed E-state index contributed by atoms with van der Waals surface area (Å²) in [5, 5.41) is 15.7. The van der Waals surface area contributed by atoms with Gasteiger partial charge in [-0.3, -0.25) is 14.2 Å². The fourth-order valence-corrected chi connectivity index (χ4v) is 6.29. The van der Waals surface area contributed by atoms with E-state index < -0.39 is 23.4 Å². The monoisotopic (exact) mass is 607 g/mol. The van der Waals surface area contributed by atoms with Crippen LogP contribution in [0.15, 0.2) is 93.0 Å². The molecule has 0 fully saturated rings. The summed E-state index contributed by atoms with van der Waals surface area (Å²) in [6.45, 7) is 3.75. The second-order valence-corrected chi connectivity index (χ2v) is 11.3. The minimum atomic E-state index is -1.03. The summed E-state index contributed by atoms with van der Waals surface area (Å²) in [7, 11) is 1.54. The van der Waals surface area contributed by atoms with Crippen LogP contribution in [0.1, 0.15) is 40.7 Å². The first-order chi connectivity index (χ1) is 21.3. The molecule has 0 bridgehead atoms. The van der Waals surface area contributed by atoms with E-state index in [4.69, 9.17) is 4.74 Å². The molecule has 6 aromatic rings. The Morgan fingerprint density at radius 3 is 2.36 bits per heavy atom. The third-order valence-electron chi connectivity index (χ3n) is 7.57. The van der Waals surface area contributed by atoms with Gasteiger partial charge >= 0.3 is 5.69 Å². The van der Waals surface area contributed by atoms with E-state index in [0.717, 1.165) is 26.1 Å². The first-order valence-electron chi connectivity index (χ1n) is 13.9. The highest BCUT2D eigenvalue weighted by atomic mass is 32.1. The Balaban J connectivity index is 1.39. The number of rotatable bonds is 9. The smallest absolute Gasteiger partial charge is 0.333 e. The van der Waals surface area contributed by atoms with E-state index in [2.05, 4.69) is 14.7 Å². The first-order valence-corrected chi connectivity index (χ1v) is 14.8. The van der Waals surface area contributed by atoms with Crippen LogP contribution in [0.5, 0.6) is 11.8 Å². The molecule has 3 aromatic carbocycles. The Morgan fingerprint density at radius 1 is 1.02 bits per heavy atom. The molecule has 1 atom stereocenters. The average Bonchev–Trinajstić information content (AvgIpc) is 3.70. The summed E-state index contributed by atoms with van der Waals surface area (Å²) in [5.41, 5.74) is 2.47. The number of benzene rings is 3. The van der Waals surface area contributed by atoms with Crippen molar-refractivity contribution in [2.24, 2.45) is 0 Å². The van der Waals surface area contributed by atoms with E-state index in [1.807, 2.05) is 61.5 Å². The molecule has 0 aliphatic carbocycles. The largest absolute Gasteiger partial charge is 0.528 e. The molecule has 6 rings (SSSR count). The minimum absolute atomic E-state index is 0.190. The van der Waals surface area contributed by atoms with E-state index in [-0.39, 0.29) is 18.2 Å². The molecular weight excluding hydrogens is 580 g/mol. The zero-order valence-electron chi connectivity index (χ0n) is 24.1. The number of hydrogen-bond acceptors (Lipinski definition) is 9. The van der Waals surface area contributed by atoms with Crippen LogP contribution in [0.25, 0.3) is 32.7 Å². The number of aryl methyl sites for hydroxylation is 1. The number of Topliss-reactive ketones (excluding diaryl/α,β-unsaturated/α-hetero) is 1. The highest BCUT2D eigenvalue weighted by molar-refractivity contribution is 7.18. The van der Waals surface area contributed by atoms with Crippen molar-refractivity contribution in [2.45, 2.75) is 32.9 Å². The molecule has 0 N–H and O–H groups in total. The molecule has 0 spiro atoms. The Hall–Kier alpha value is -5.29. The van der Waals surface area contributed by atoms with Crippen molar-refractivity contribution in [3.8, 4) is 34.3 Å². The summed E-state index contributed by atoms with van der Waals surface area (Å²) in [4.78, 5) is 46.5. The number of hydrogen-bond donors (Lipinski definition) is 0. The van der Waals surface area contributed by atoms with E-state index >= 15 is 0 Å². The van der Waals surface area contributed by atoms with E-state index in [9.17, 15) is 19.5 Å². The second-order valence-electron chi connectivity index (χ2n) is 10.2. The molecule has 0 saturated carbocycles. The van der Waals surface area contributed by atoms with Crippen LogP contribution in [-0.2, 0) is 13.0 Å². The summed E-state index contributed by atoms with van der Waals surface area (Å²) >= 11 is 1.40. The van der Waals surface area contributed by atoms with Gasteiger partial charge in [0.2, 0.25) is 0 Å². The number of aromatic nitrogens is 4. The summed E-state index contributed by atoms with van der Waals surface area (Å²) in [6.07, 6.45) is -0.0570. The van der Waals surface area contributed by atoms with Gasteiger partial charge in [0, 0.05) is 16.0 Å². The molecule has 222 valence electrons. The van der Waals surface area contributed by atoms with Gasteiger partial charge in [0.25, 0.3) is 5.56 Å². The standard InChI is InChI=1S/C33H28N4O6S/c1-4-24-17-27-30(39)37(19(2)28(38)22-13-15-23(42-3)16-14-22)33(41)36(31(27)44-24)18-20-9-11-21(12-10-20)25-7-5-6-8-26(25)29-34-32(40)43-35-29/h5-17,19H,4,18H2,1-3H3,(H,34,35,40)/p-1. The lowest BCUT2D eigenvalue weighted by Gasteiger charge is -2.17. The molecule has 0 radical (unpaired) electrons. The van der Waals surface area contributed by atoms with Crippen molar-refractivity contribution in [2.75, 3.05) is 7.11 Å². The fraction of sp³-hybridized carbons (Fsp3) is 0.182. The SMILES string of the molecule is CCc1cc2c(=O)n(C(C)C(=O)c3ccc(OC)cc3)c(=O)n(Cc3ccc(-c4ccccc4-c4noc([O-])n4)cc3)c2s1. The van der Waals surface area contributed by atoms with Gasteiger partial charge in [-0.25, -0.2) is 14.3 Å². The number of thiophene rings is 1. The molecule has 10 nitrogen and oxygen atoms in total. The first kappa shape index (κ1) is 28.8. The lowest BCUT2D eigenvalue weighted by molar-refractivity contribution is -0.303. The molecule has 11 heteroatoms. The van der Waals surface area contributed by atoms with Gasteiger partial charge in [0.1, 0.15) is 16.6 Å². The van der Waals surface area contributed by atoms with Gasteiger partial charge in [0.05, 0.1) is 19.0 Å². The Kier molecular flexibility index (Phi) is 7.71. The van der Waals surface area contributed by atoms with Gasteiger partial charge < -0.3 is 14.4 Å². The lowest BCUT2D eigenvalue weighted by Crippen LogP contribution is -2.43. The van der Waals surface area contributed by atoms with Crippen molar-refractivity contribution < 1.29 is 19.2 Å². The third-order valence-corrected chi connectivity index (χ3v) is 8.87. The maximum Gasteiger partial charge on any atom is 0.333 e. The zero-order chi connectivity index (χ0) is 31.0. The van der Waals surface area contributed by atoms with Gasteiger partial charge in [-0.1, -0.05) is 55.5 Å². The number of ketones is 1. The maximum absolute atomic E-state index is 14.0. The van der Waals surface area contributed by atoms with Crippen LogP contribution >= 0.6 is 11.3 Å². The van der Waals surface area contributed by atoms with Crippen molar-refractivity contribution >= 4 is 27.3 Å². The minimum Gasteiger partial charge on any atom is -0.528 e. The van der Waals surface area contributed by atoms with Crippen molar-refractivity contribution in [1.82, 2.24) is 19.3 Å². The number of methoxy groups -OCH3 is 1. The van der Waals surface area contributed by atoms with Crippen molar-refractivity contribution in [3.05, 3.63) is 116 Å². The Bertz CT molecular complexity index is 2110. The van der Waals surface area contributed by atoms with Crippen molar-refractivity contribution in [1.29, 1.82) is 0 Å². The molecule has 3 heterocycles.